The van der Waals surface area contributed by atoms with Crippen molar-refractivity contribution in [3.8, 4) is 0 Å². The molecule has 0 spiro atoms. The van der Waals surface area contributed by atoms with Gasteiger partial charge in [0.2, 0.25) is 0 Å². The Morgan fingerprint density at radius 2 is 2.00 bits per heavy atom. The lowest BCUT2D eigenvalue weighted by molar-refractivity contribution is 0.805. The van der Waals surface area contributed by atoms with Crippen LogP contribution >= 0.6 is 0 Å². The first-order valence-corrected chi connectivity index (χ1v) is 3.41. The van der Waals surface area contributed by atoms with Gasteiger partial charge >= 0.3 is 0 Å². The van der Waals surface area contributed by atoms with Crippen molar-refractivity contribution in [3.05, 3.63) is 12.2 Å². The summed E-state index contributed by atoms with van der Waals surface area (Å²) in [5, 5.41) is 3.06. The fourth-order valence-electron chi connectivity index (χ4n) is 0.560. The van der Waals surface area contributed by atoms with E-state index < -0.39 is 0 Å². The van der Waals surface area contributed by atoms with Crippen LogP contribution < -0.4 is 11.1 Å². The van der Waals surface area contributed by atoms with E-state index in [-0.39, 0.29) is 0 Å². The van der Waals surface area contributed by atoms with E-state index in [1.165, 1.54) is 0 Å². The van der Waals surface area contributed by atoms with Gasteiger partial charge in [-0.3, -0.25) is 0 Å². The lowest BCUT2D eigenvalue weighted by Crippen LogP contribution is -2.05. The predicted molar refractivity (Wildman–Crippen MR) is 41.4 cm³/mol. The molecule has 54 valence electrons. The molecule has 0 aliphatic carbocycles. The Labute approximate surface area is 57.1 Å². The van der Waals surface area contributed by atoms with Gasteiger partial charge in [-0.1, -0.05) is 12.2 Å². The van der Waals surface area contributed by atoms with Crippen LogP contribution in [-0.2, 0) is 0 Å². The summed E-state index contributed by atoms with van der Waals surface area (Å²) in [5.74, 6) is 0. The molecule has 0 fully saturated rings. The van der Waals surface area contributed by atoms with Crippen molar-refractivity contribution in [2.45, 2.75) is 12.8 Å². The van der Waals surface area contributed by atoms with Crippen molar-refractivity contribution in [2.24, 2.45) is 5.73 Å². The average Bonchev–Trinajstić information content (AvgIpc) is 1.89. The molecule has 0 rings (SSSR count). The summed E-state index contributed by atoms with van der Waals surface area (Å²) in [4.78, 5) is 0. The fraction of sp³-hybridized carbons (Fsp3) is 0.714. The maximum atomic E-state index is 5.28. The van der Waals surface area contributed by atoms with E-state index in [9.17, 15) is 0 Å². The summed E-state index contributed by atoms with van der Waals surface area (Å²) in [6.07, 6.45) is 6.39. The largest absolute Gasteiger partial charge is 0.330 e. The molecule has 0 aromatic heterocycles. The number of rotatable bonds is 5. The van der Waals surface area contributed by atoms with Crippen LogP contribution in [0.1, 0.15) is 12.8 Å². The van der Waals surface area contributed by atoms with Gasteiger partial charge in [-0.15, -0.1) is 0 Å². The molecule has 0 amide bonds. The molecule has 0 unspecified atom stereocenters. The van der Waals surface area contributed by atoms with E-state index in [2.05, 4.69) is 17.5 Å². The molecule has 0 atom stereocenters. The highest BCUT2D eigenvalue weighted by molar-refractivity contribution is 4.81. The first-order chi connectivity index (χ1) is 4.41. The molecule has 2 nitrogen and oxygen atoms in total. The summed E-state index contributed by atoms with van der Waals surface area (Å²) >= 11 is 0. The lowest BCUT2D eigenvalue weighted by atomic mass is 10.3. The molecule has 9 heavy (non-hydrogen) atoms. The number of hydrogen-bond donors (Lipinski definition) is 2. The first-order valence-electron chi connectivity index (χ1n) is 3.41. The summed E-state index contributed by atoms with van der Waals surface area (Å²) in [6, 6.07) is 0. The molecule has 0 aromatic rings. The summed E-state index contributed by atoms with van der Waals surface area (Å²) in [5.41, 5.74) is 5.28. The zero-order chi connectivity index (χ0) is 6.95. The topological polar surface area (TPSA) is 38.0 Å². The van der Waals surface area contributed by atoms with Crippen LogP contribution in [0.4, 0.5) is 0 Å². The van der Waals surface area contributed by atoms with E-state index in [1.807, 2.05) is 7.05 Å². The maximum Gasteiger partial charge on any atom is -0.00173 e. The van der Waals surface area contributed by atoms with E-state index in [0.29, 0.717) is 0 Å². The van der Waals surface area contributed by atoms with E-state index in [4.69, 9.17) is 5.73 Å². The molecule has 0 radical (unpaired) electrons. The quantitative estimate of drug-likeness (QED) is 0.418. The monoisotopic (exact) mass is 128 g/mol. The summed E-state index contributed by atoms with van der Waals surface area (Å²) in [6.45, 7) is 1.82. The van der Waals surface area contributed by atoms with Gasteiger partial charge in [0.25, 0.3) is 0 Å². The van der Waals surface area contributed by atoms with E-state index >= 15 is 0 Å². The van der Waals surface area contributed by atoms with Crippen LogP contribution in [0.25, 0.3) is 0 Å². The zero-order valence-electron chi connectivity index (χ0n) is 6.06. The third-order valence-electron chi connectivity index (χ3n) is 1.06. The highest BCUT2D eigenvalue weighted by Gasteiger charge is 1.75. The SMILES string of the molecule is CNCCC=CCCN. The molecule has 2 heteroatoms. The Bertz CT molecular complexity index is 69.3. The van der Waals surface area contributed by atoms with Gasteiger partial charge in [0.05, 0.1) is 0 Å². The lowest BCUT2D eigenvalue weighted by Gasteiger charge is -1.90. The second kappa shape index (κ2) is 7.66. The van der Waals surface area contributed by atoms with Crippen molar-refractivity contribution in [1.82, 2.24) is 5.32 Å². The minimum Gasteiger partial charge on any atom is -0.330 e. The van der Waals surface area contributed by atoms with Crippen LogP contribution in [-0.4, -0.2) is 20.1 Å². The van der Waals surface area contributed by atoms with E-state index in [0.717, 1.165) is 25.9 Å². The van der Waals surface area contributed by atoms with Crippen molar-refractivity contribution < 1.29 is 0 Å². The van der Waals surface area contributed by atoms with Crippen LogP contribution in [0.15, 0.2) is 12.2 Å². The van der Waals surface area contributed by atoms with Crippen molar-refractivity contribution in [2.75, 3.05) is 20.1 Å². The second-order valence-corrected chi connectivity index (χ2v) is 1.94. The second-order valence-electron chi connectivity index (χ2n) is 1.94. The van der Waals surface area contributed by atoms with Gasteiger partial charge in [0.1, 0.15) is 0 Å². The normalized spacial score (nSPS) is 10.9. The van der Waals surface area contributed by atoms with Gasteiger partial charge in [-0.25, -0.2) is 0 Å². The maximum absolute atomic E-state index is 5.28. The third-order valence-corrected chi connectivity index (χ3v) is 1.06. The first kappa shape index (κ1) is 8.66. The van der Waals surface area contributed by atoms with Gasteiger partial charge in [0, 0.05) is 0 Å². The molecule has 0 aromatic carbocycles. The zero-order valence-corrected chi connectivity index (χ0v) is 6.06. The van der Waals surface area contributed by atoms with Crippen LogP contribution in [0.5, 0.6) is 0 Å². The Morgan fingerprint density at radius 1 is 1.33 bits per heavy atom. The minimum absolute atomic E-state index is 0.760. The van der Waals surface area contributed by atoms with Crippen molar-refractivity contribution >= 4 is 0 Å². The average molecular weight is 128 g/mol. The predicted octanol–water partition coefficient (Wildman–Crippen LogP) is 0.501. The molecule has 3 N–H and O–H groups in total. The van der Waals surface area contributed by atoms with Crippen molar-refractivity contribution in [3.63, 3.8) is 0 Å². The highest BCUT2D eigenvalue weighted by Crippen LogP contribution is 1.82. The van der Waals surface area contributed by atoms with Gasteiger partial charge in [-0.2, -0.15) is 0 Å². The summed E-state index contributed by atoms with van der Waals surface area (Å²) in [7, 11) is 1.96. The summed E-state index contributed by atoms with van der Waals surface area (Å²) < 4.78 is 0. The van der Waals surface area contributed by atoms with Gasteiger partial charge < -0.3 is 11.1 Å². The molecule has 0 saturated carbocycles. The molecular weight excluding hydrogens is 112 g/mol. The fourth-order valence-corrected chi connectivity index (χ4v) is 0.560. The molecule has 0 bridgehead atoms. The molecular formula is C7H16N2. The number of nitrogens with two attached hydrogens (primary N) is 1. The molecule has 0 saturated heterocycles. The highest BCUT2D eigenvalue weighted by atomic mass is 14.8. The van der Waals surface area contributed by atoms with Gasteiger partial charge in [-0.05, 0) is 33.0 Å². The molecule has 0 aliphatic heterocycles. The Hall–Kier alpha value is -0.340. The molecule has 0 aliphatic rings. The van der Waals surface area contributed by atoms with Gasteiger partial charge in [0.15, 0.2) is 0 Å². The smallest absolute Gasteiger partial charge is 0.00173 e. The van der Waals surface area contributed by atoms with Crippen molar-refractivity contribution in [1.29, 1.82) is 0 Å². The Morgan fingerprint density at radius 3 is 2.56 bits per heavy atom. The Kier molecular flexibility index (Phi) is 7.37. The molecule has 0 heterocycles. The van der Waals surface area contributed by atoms with E-state index in [1.54, 1.807) is 0 Å². The standard InChI is InChI=1S/C7H16N2/c1-9-7-5-3-2-4-6-8/h2-3,9H,4-8H2,1H3. The van der Waals surface area contributed by atoms with Crippen LogP contribution in [0, 0.1) is 0 Å². The number of hydrogen-bond acceptors (Lipinski definition) is 2. The third kappa shape index (κ3) is 7.66. The minimum atomic E-state index is 0.760. The van der Waals surface area contributed by atoms with Crippen LogP contribution in [0.3, 0.4) is 0 Å². The number of nitrogens with one attached hydrogen (secondary N) is 1. The van der Waals surface area contributed by atoms with Crippen LogP contribution in [0.2, 0.25) is 0 Å². The Balaban J connectivity index is 2.86.